The molecule has 1 aromatic heterocycles. The van der Waals surface area contributed by atoms with Crippen LogP contribution in [0, 0.1) is 18.4 Å². The smallest absolute Gasteiger partial charge is 0.318 e. The molecular formula is C21H34N2OSi. The zero-order valence-corrected chi connectivity index (χ0v) is 18.0. The van der Waals surface area contributed by atoms with Crippen LogP contribution in [0.3, 0.4) is 0 Å². The van der Waals surface area contributed by atoms with Gasteiger partial charge in [0.1, 0.15) is 19.9 Å². The van der Waals surface area contributed by atoms with Gasteiger partial charge in [-0.1, -0.05) is 47.5 Å². The highest BCUT2D eigenvalue weighted by Gasteiger charge is 2.41. The molecule has 1 aromatic rings. The molecule has 0 radical (unpaired) electrons. The van der Waals surface area contributed by atoms with Crippen LogP contribution >= 0.6 is 0 Å². The second-order valence-corrected chi connectivity index (χ2v) is 13.9. The molecule has 25 heavy (non-hydrogen) atoms. The van der Waals surface area contributed by atoms with E-state index >= 15 is 0 Å². The predicted octanol–water partition coefficient (Wildman–Crippen LogP) is 5.68. The first-order valence-corrected chi connectivity index (χ1v) is 12.0. The first-order valence-electron chi connectivity index (χ1n) is 9.81. The number of aromatic nitrogens is 2. The van der Waals surface area contributed by atoms with Gasteiger partial charge in [0.15, 0.2) is 0 Å². The Kier molecular flexibility index (Phi) is 6.68. The molecular weight excluding hydrogens is 324 g/mol. The molecule has 0 saturated heterocycles. The Labute approximate surface area is 155 Å². The van der Waals surface area contributed by atoms with Gasteiger partial charge in [0.25, 0.3) is 0 Å². The van der Waals surface area contributed by atoms with Gasteiger partial charge in [-0.3, -0.25) is 0 Å². The molecule has 0 amide bonds. The molecule has 1 heterocycles. The summed E-state index contributed by atoms with van der Waals surface area (Å²) >= 11 is 0. The standard InChI is InChI=1S/C21H34N2OSi/c1-15(2)25(16(3)4,17(5)6)13-12-19-14-18(7)22-21(23-19)24-20-10-8-9-11-20/h14-17,20H,8-11H2,1-7H3. The van der Waals surface area contributed by atoms with E-state index in [0.717, 1.165) is 24.2 Å². The van der Waals surface area contributed by atoms with Gasteiger partial charge in [0.05, 0.1) is 0 Å². The van der Waals surface area contributed by atoms with E-state index in [2.05, 4.69) is 63.0 Å². The maximum Gasteiger partial charge on any atom is 0.318 e. The fourth-order valence-electron chi connectivity index (χ4n) is 4.42. The van der Waals surface area contributed by atoms with Crippen molar-refractivity contribution < 1.29 is 4.74 Å². The molecule has 0 aliphatic heterocycles. The molecule has 0 spiro atoms. The molecule has 0 atom stereocenters. The highest BCUT2D eigenvalue weighted by Crippen LogP contribution is 2.40. The summed E-state index contributed by atoms with van der Waals surface area (Å²) in [7, 11) is -1.74. The molecule has 0 N–H and O–H groups in total. The van der Waals surface area contributed by atoms with Crippen molar-refractivity contribution in [3.63, 3.8) is 0 Å². The molecule has 3 nitrogen and oxygen atoms in total. The van der Waals surface area contributed by atoms with Crippen LogP contribution in [0.1, 0.15) is 78.6 Å². The summed E-state index contributed by atoms with van der Waals surface area (Å²) in [6.07, 6.45) is 4.99. The molecule has 1 aliphatic carbocycles. The van der Waals surface area contributed by atoms with Crippen molar-refractivity contribution in [3.05, 3.63) is 17.5 Å². The average Bonchev–Trinajstić information content (AvgIpc) is 2.99. The van der Waals surface area contributed by atoms with E-state index in [1.807, 2.05) is 13.0 Å². The van der Waals surface area contributed by atoms with Gasteiger partial charge in [-0.15, -0.1) is 5.54 Å². The second kappa shape index (κ2) is 8.36. The maximum absolute atomic E-state index is 5.99. The lowest BCUT2D eigenvalue weighted by Crippen LogP contribution is -2.43. The van der Waals surface area contributed by atoms with Gasteiger partial charge in [-0.25, -0.2) is 4.98 Å². The van der Waals surface area contributed by atoms with Crippen LogP contribution in [0.15, 0.2) is 6.07 Å². The maximum atomic E-state index is 5.99. The van der Waals surface area contributed by atoms with Gasteiger partial charge in [0, 0.05) is 5.69 Å². The molecule has 0 aromatic carbocycles. The third kappa shape index (κ3) is 4.64. The third-order valence-corrected chi connectivity index (χ3v) is 12.0. The molecule has 1 saturated carbocycles. The van der Waals surface area contributed by atoms with E-state index in [-0.39, 0.29) is 6.10 Å². The quantitative estimate of drug-likeness (QED) is 0.502. The summed E-state index contributed by atoms with van der Waals surface area (Å²) in [5.41, 5.74) is 7.34. The van der Waals surface area contributed by atoms with E-state index in [1.54, 1.807) is 0 Å². The highest BCUT2D eigenvalue weighted by molar-refractivity contribution is 6.90. The van der Waals surface area contributed by atoms with Crippen molar-refractivity contribution in [3.8, 4) is 17.5 Å². The van der Waals surface area contributed by atoms with Crippen molar-refractivity contribution in [2.75, 3.05) is 0 Å². The molecule has 0 unspecified atom stereocenters. The molecule has 138 valence electrons. The van der Waals surface area contributed by atoms with E-state index in [0.29, 0.717) is 22.6 Å². The van der Waals surface area contributed by atoms with Gasteiger partial charge in [0.2, 0.25) is 0 Å². The lowest BCUT2D eigenvalue weighted by molar-refractivity contribution is 0.191. The minimum Gasteiger partial charge on any atom is -0.460 e. The fraction of sp³-hybridized carbons (Fsp3) is 0.714. The molecule has 2 rings (SSSR count). The topological polar surface area (TPSA) is 35.0 Å². The Morgan fingerprint density at radius 1 is 1.00 bits per heavy atom. The van der Waals surface area contributed by atoms with Gasteiger partial charge in [-0.05, 0) is 55.3 Å². The Morgan fingerprint density at radius 2 is 1.56 bits per heavy atom. The Balaban J connectivity index is 2.32. The van der Waals surface area contributed by atoms with E-state index < -0.39 is 8.07 Å². The Hall–Kier alpha value is -1.34. The van der Waals surface area contributed by atoms with Crippen molar-refractivity contribution in [1.82, 2.24) is 9.97 Å². The Bertz CT molecular complexity index is 615. The SMILES string of the molecule is Cc1cc(C#C[Si](C(C)C)(C(C)C)C(C)C)nc(OC2CCCC2)n1. The number of ether oxygens (including phenoxy) is 1. The zero-order chi connectivity index (χ0) is 18.6. The lowest BCUT2D eigenvalue weighted by atomic mass is 10.3. The van der Waals surface area contributed by atoms with Crippen LogP contribution in [0.4, 0.5) is 0 Å². The molecule has 1 aliphatic rings. The molecule has 1 fully saturated rings. The van der Waals surface area contributed by atoms with Gasteiger partial charge >= 0.3 is 6.01 Å². The van der Waals surface area contributed by atoms with Crippen LogP contribution in [-0.4, -0.2) is 24.1 Å². The van der Waals surface area contributed by atoms with Gasteiger partial charge in [-0.2, -0.15) is 4.98 Å². The number of aryl methyl sites for hydroxylation is 1. The molecule has 0 bridgehead atoms. The van der Waals surface area contributed by atoms with Crippen LogP contribution < -0.4 is 4.74 Å². The second-order valence-electron chi connectivity index (χ2n) is 8.35. The minimum atomic E-state index is -1.74. The summed E-state index contributed by atoms with van der Waals surface area (Å²) < 4.78 is 5.99. The summed E-state index contributed by atoms with van der Waals surface area (Å²) in [5, 5.41) is 0. The van der Waals surface area contributed by atoms with E-state index in [1.165, 1.54) is 12.8 Å². The number of hydrogen-bond donors (Lipinski definition) is 0. The summed E-state index contributed by atoms with van der Waals surface area (Å²) in [6, 6.07) is 2.48. The van der Waals surface area contributed by atoms with Crippen molar-refractivity contribution in [2.24, 2.45) is 0 Å². The predicted molar refractivity (Wildman–Crippen MR) is 108 cm³/mol. The normalized spacial score (nSPS) is 15.8. The summed E-state index contributed by atoms with van der Waals surface area (Å²) in [6.45, 7) is 16.0. The van der Waals surface area contributed by atoms with Crippen LogP contribution in [0.5, 0.6) is 6.01 Å². The third-order valence-electron chi connectivity index (χ3n) is 5.68. The lowest BCUT2D eigenvalue weighted by Gasteiger charge is -2.38. The Morgan fingerprint density at radius 3 is 2.08 bits per heavy atom. The van der Waals surface area contributed by atoms with Crippen LogP contribution in [-0.2, 0) is 0 Å². The largest absolute Gasteiger partial charge is 0.460 e. The van der Waals surface area contributed by atoms with Crippen LogP contribution in [0.2, 0.25) is 16.6 Å². The first-order chi connectivity index (χ1) is 11.8. The number of rotatable bonds is 5. The van der Waals surface area contributed by atoms with Crippen LogP contribution in [0.25, 0.3) is 0 Å². The highest BCUT2D eigenvalue weighted by atomic mass is 28.3. The number of hydrogen-bond acceptors (Lipinski definition) is 3. The summed E-state index contributed by atoms with van der Waals surface area (Å²) in [4.78, 5) is 9.05. The number of nitrogens with zero attached hydrogens (tertiary/aromatic N) is 2. The van der Waals surface area contributed by atoms with E-state index in [9.17, 15) is 0 Å². The minimum absolute atomic E-state index is 0.276. The monoisotopic (exact) mass is 358 g/mol. The van der Waals surface area contributed by atoms with Crippen molar-refractivity contribution in [1.29, 1.82) is 0 Å². The van der Waals surface area contributed by atoms with Crippen molar-refractivity contribution >= 4 is 8.07 Å². The fourth-order valence-corrected chi connectivity index (χ4v) is 9.63. The first kappa shape index (κ1) is 20.0. The zero-order valence-electron chi connectivity index (χ0n) is 17.0. The van der Waals surface area contributed by atoms with Crippen molar-refractivity contribution in [2.45, 2.75) is 96.9 Å². The van der Waals surface area contributed by atoms with E-state index in [4.69, 9.17) is 4.74 Å². The van der Waals surface area contributed by atoms with Gasteiger partial charge < -0.3 is 4.74 Å². The molecule has 4 heteroatoms. The average molecular weight is 359 g/mol. The summed E-state index contributed by atoms with van der Waals surface area (Å²) in [5.74, 6) is 3.42.